The molecular formula is C15H17BrFN5S. The number of hydrogen-bond acceptors (Lipinski definition) is 4. The van der Waals surface area contributed by atoms with Gasteiger partial charge in [-0.3, -0.25) is 0 Å². The first-order chi connectivity index (χ1) is 11.1. The number of nitrogens with two attached hydrogens (primary N) is 1. The van der Waals surface area contributed by atoms with E-state index in [2.05, 4.69) is 30.8 Å². The third kappa shape index (κ3) is 4.00. The zero-order valence-electron chi connectivity index (χ0n) is 12.5. The van der Waals surface area contributed by atoms with Gasteiger partial charge in [0, 0.05) is 47.8 Å². The molecule has 122 valence electrons. The van der Waals surface area contributed by atoms with Crippen LogP contribution in [0.4, 0.5) is 9.52 Å². The zero-order chi connectivity index (χ0) is 16.2. The monoisotopic (exact) mass is 397 g/mol. The normalized spacial score (nSPS) is 16.0. The minimum Gasteiger partial charge on any atom is -0.370 e. The highest BCUT2D eigenvalue weighted by molar-refractivity contribution is 9.10. The average molecular weight is 398 g/mol. The first-order valence-corrected chi connectivity index (χ1v) is 8.94. The van der Waals surface area contributed by atoms with Gasteiger partial charge in [-0.05, 0) is 18.2 Å². The van der Waals surface area contributed by atoms with Crippen molar-refractivity contribution in [3.63, 3.8) is 0 Å². The number of aromatic nitrogens is 1. The van der Waals surface area contributed by atoms with E-state index in [0.29, 0.717) is 11.5 Å². The number of hydrogen-bond donors (Lipinski definition) is 1. The summed E-state index contributed by atoms with van der Waals surface area (Å²) in [6.07, 6.45) is 1.81. The Morgan fingerprint density at radius 1 is 1.35 bits per heavy atom. The molecule has 0 bridgehead atoms. The van der Waals surface area contributed by atoms with Crippen LogP contribution >= 0.6 is 27.3 Å². The molecule has 0 atom stereocenters. The van der Waals surface area contributed by atoms with Gasteiger partial charge in [-0.25, -0.2) is 14.4 Å². The largest absolute Gasteiger partial charge is 0.370 e. The van der Waals surface area contributed by atoms with Crippen LogP contribution in [-0.2, 0) is 6.54 Å². The summed E-state index contributed by atoms with van der Waals surface area (Å²) >= 11 is 4.98. The lowest BCUT2D eigenvalue weighted by Crippen LogP contribution is -2.51. The highest BCUT2D eigenvalue weighted by Crippen LogP contribution is 2.19. The zero-order valence-corrected chi connectivity index (χ0v) is 14.9. The second kappa shape index (κ2) is 7.27. The fourth-order valence-corrected chi connectivity index (χ4v) is 3.53. The maximum absolute atomic E-state index is 13.7. The van der Waals surface area contributed by atoms with E-state index < -0.39 is 0 Å². The van der Waals surface area contributed by atoms with Crippen LogP contribution in [0.1, 0.15) is 5.56 Å². The molecule has 5 nitrogen and oxygen atoms in total. The van der Waals surface area contributed by atoms with Crippen LogP contribution in [0.25, 0.3) is 0 Å². The van der Waals surface area contributed by atoms with Gasteiger partial charge in [0.2, 0.25) is 0 Å². The Kier molecular flexibility index (Phi) is 5.12. The molecule has 1 aliphatic heterocycles. The van der Waals surface area contributed by atoms with E-state index in [9.17, 15) is 4.39 Å². The summed E-state index contributed by atoms with van der Waals surface area (Å²) in [6, 6.07) is 4.83. The van der Waals surface area contributed by atoms with Gasteiger partial charge in [0.1, 0.15) is 5.82 Å². The number of benzene rings is 1. The van der Waals surface area contributed by atoms with Crippen LogP contribution in [0.5, 0.6) is 0 Å². The van der Waals surface area contributed by atoms with E-state index in [4.69, 9.17) is 5.73 Å². The highest BCUT2D eigenvalue weighted by atomic mass is 79.9. The van der Waals surface area contributed by atoms with Crippen molar-refractivity contribution >= 4 is 38.4 Å². The number of piperazine rings is 1. The SMILES string of the molecule is NC(=NCc1cc(Br)ccc1F)N1CCN(c2nccs2)CC1. The van der Waals surface area contributed by atoms with E-state index >= 15 is 0 Å². The van der Waals surface area contributed by atoms with Gasteiger partial charge in [-0.1, -0.05) is 15.9 Å². The molecule has 1 saturated heterocycles. The van der Waals surface area contributed by atoms with Gasteiger partial charge < -0.3 is 15.5 Å². The Hall–Kier alpha value is -1.67. The quantitative estimate of drug-likeness (QED) is 0.638. The standard InChI is InChI=1S/C15H17BrFN5S/c16-12-1-2-13(17)11(9-12)10-20-14(18)21-4-6-22(7-5-21)15-19-3-8-23-15/h1-3,8-9H,4-7,10H2,(H2,18,20). The van der Waals surface area contributed by atoms with Crippen LogP contribution in [0, 0.1) is 5.82 Å². The molecule has 2 N–H and O–H groups in total. The number of thiazole rings is 1. The fraction of sp³-hybridized carbons (Fsp3) is 0.333. The van der Waals surface area contributed by atoms with E-state index in [0.717, 1.165) is 35.8 Å². The fourth-order valence-electron chi connectivity index (χ4n) is 2.43. The number of nitrogens with zero attached hydrogens (tertiary/aromatic N) is 4. The minimum atomic E-state index is -0.265. The topological polar surface area (TPSA) is 57.8 Å². The lowest BCUT2D eigenvalue weighted by Gasteiger charge is -2.35. The molecule has 0 spiro atoms. The number of rotatable bonds is 3. The van der Waals surface area contributed by atoms with Crippen LogP contribution < -0.4 is 10.6 Å². The maximum Gasteiger partial charge on any atom is 0.191 e. The Bertz CT molecular complexity index is 683. The first-order valence-electron chi connectivity index (χ1n) is 7.27. The summed E-state index contributed by atoms with van der Waals surface area (Å²) in [5.41, 5.74) is 6.59. The predicted octanol–water partition coefficient (Wildman–Crippen LogP) is 2.68. The van der Waals surface area contributed by atoms with Crippen molar-refractivity contribution in [2.24, 2.45) is 10.7 Å². The molecule has 0 radical (unpaired) electrons. The molecule has 3 rings (SSSR count). The van der Waals surface area contributed by atoms with E-state index in [-0.39, 0.29) is 12.4 Å². The van der Waals surface area contributed by atoms with Gasteiger partial charge in [0.25, 0.3) is 0 Å². The number of aliphatic imine (C=N–C) groups is 1. The second-order valence-electron chi connectivity index (χ2n) is 5.20. The number of halogens is 2. The van der Waals surface area contributed by atoms with Gasteiger partial charge in [0.15, 0.2) is 11.1 Å². The Morgan fingerprint density at radius 3 is 2.83 bits per heavy atom. The van der Waals surface area contributed by atoms with Gasteiger partial charge in [0.05, 0.1) is 6.54 Å². The number of guanidine groups is 1. The lowest BCUT2D eigenvalue weighted by molar-refractivity contribution is 0.380. The highest BCUT2D eigenvalue weighted by Gasteiger charge is 2.19. The molecule has 0 amide bonds. The van der Waals surface area contributed by atoms with Crippen molar-refractivity contribution in [1.82, 2.24) is 9.88 Å². The van der Waals surface area contributed by atoms with Crippen molar-refractivity contribution in [3.8, 4) is 0 Å². The summed E-state index contributed by atoms with van der Waals surface area (Å²) in [7, 11) is 0. The Morgan fingerprint density at radius 2 is 2.13 bits per heavy atom. The minimum absolute atomic E-state index is 0.240. The Balaban J connectivity index is 1.58. The lowest BCUT2D eigenvalue weighted by atomic mass is 10.2. The van der Waals surface area contributed by atoms with Crippen LogP contribution in [0.2, 0.25) is 0 Å². The second-order valence-corrected chi connectivity index (χ2v) is 6.99. The van der Waals surface area contributed by atoms with Crippen molar-refractivity contribution in [2.45, 2.75) is 6.54 Å². The van der Waals surface area contributed by atoms with Gasteiger partial charge >= 0.3 is 0 Å². The molecule has 2 aromatic rings. The van der Waals surface area contributed by atoms with E-state index in [1.165, 1.54) is 6.07 Å². The summed E-state index contributed by atoms with van der Waals surface area (Å²) < 4.78 is 14.5. The van der Waals surface area contributed by atoms with Crippen LogP contribution in [0.15, 0.2) is 39.2 Å². The Labute approximate surface area is 146 Å². The van der Waals surface area contributed by atoms with Gasteiger partial charge in [-0.2, -0.15) is 0 Å². The molecule has 1 aliphatic rings. The third-order valence-electron chi connectivity index (χ3n) is 3.71. The molecule has 0 unspecified atom stereocenters. The smallest absolute Gasteiger partial charge is 0.191 e. The van der Waals surface area contributed by atoms with Crippen LogP contribution in [-0.4, -0.2) is 42.0 Å². The van der Waals surface area contributed by atoms with E-state index in [1.54, 1.807) is 23.5 Å². The average Bonchev–Trinajstić information content (AvgIpc) is 3.10. The molecular weight excluding hydrogens is 381 g/mol. The molecule has 8 heteroatoms. The molecule has 0 saturated carbocycles. The molecule has 1 fully saturated rings. The summed E-state index contributed by atoms with van der Waals surface area (Å²) in [4.78, 5) is 12.9. The first kappa shape index (κ1) is 16.2. The predicted molar refractivity (Wildman–Crippen MR) is 95.3 cm³/mol. The van der Waals surface area contributed by atoms with Crippen molar-refractivity contribution in [2.75, 3.05) is 31.1 Å². The molecule has 1 aromatic heterocycles. The molecule has 0 aliphatic carbocycles. The van der Waals surface area contributed by atoms with Gasteiger partial charge in [-0.15, -0.1) is 11.3 Å². The van der Waals surface area contributed by atoms with Crippen molar-refractivity contribution in [3.05, 3.63) is 45.6 Å². The van der Waals surface area contributed by atoms with Crippen molar-refractivity contribution in [1.29, 1.82) is 0 Å². The summed E-state index contributed by atoms with van der Waals surface area (Å²) in [5.74, 6) is 0.196. The summed E-state index contributed by atoms with van der Waals surface area (Å²) in [5, 5.41) is 3.01. The summed E-state index contributed by atoms with van der Waals surface area (Å²) in [6.45, 7) is 3.53. The van der Waals surface area contributed by atoms with Crippen molar-refractivity contribution < 1.29 is 4.39 Å². The molecule has 2 heterocycles. The van der Waals surface area contributed by atoms with E-state index in [1.807, 2.05) is 16.5 Å². The molecule has 23 heavy (non-hydrogen) atoms. The number of anilines is 1. The molecule has 1 aromatic carbocycles. The van der Waals surface area contributed by atoms with Crippen LogP contribution in [0.3, 0.4) is 0 Å². The maximum atomic E-state index is 13.7. The third-order valence-corrected chi connectivity index (χ3v) is 5.04.